The molecule has 3 aromatic rings. The lowest BCUT2D eigenvalue weighted by Gasteiger charge is -2.04. The van der Waals surface area contributed by atoms with Crippen LogP contribution in [0.15, 0.2) is 46.0 Å². The van der Waals surface area contributed by atoms with Crippen LogP contribution >= 0.6 is 0 Å². The van der Waals surface area contributed by atoms with Crippen molar-refractivity contribution in [1.29, 1.82) is 0 Å². The summed E-state index contributed by atoms with van der Waals surface area (Å²) in [5.74, 6) is 1.92. The van der Waals surface area contributed by atoms with Gasteiger partial charge in [0.25, 0.3) is 5.91 Å². The molecule has 1 N–H and O–H groups in total. The van der Waals surface area contributed by atoms with E-state index in [0.717, 1.165) is 34.3 Å². The number of hydrogen-bond donors (Lipinski definition) is 1. The SMILES string of the molecule is CCOc1ccc(C(=O)N/N=C\c2cc(C)n(-c3cc(C)on3)c2C)cc1. The summed E-state index contributed by atoms with van der Waals surface area (Å²) < 4.78 is 12.5. The molecule has 0 aliphatic heterocycles. The Morgan fingerprint density at radius 3 is 2.63 bits per heavy atom. The third-order valence-electron chi connectivity index (χ3n) is 4.11. The lowest BCUT2D eigenvalue weighted by Crippen LogP contribution is -2.17. The number of carbonyl (C=O) groups is 1. The van der Waals surface area contributed by atoms with Gasteiger partial charge in [-0.2, -0.15) is 5.10 Å². The normalized spacial score (nSPS) is 11.1. The van der Waals surface area contributed by atoms with E-state index in [1.807, 2.05) is 44.4 Å². The van der Waals surface area contributed by atoms with Crippen molar-refractivity contribution in [1.82, 2.24) is 15.1 Å². The Bertz CT molecular complexity index is 968. The van der Waals surface area contributed by atoms with Crippen LogP contribution in [-0.4, -0.2) is 28.5 Å². The first-order valence-corrected chi connectivity index (χ1v) is 8.68. The molecule has 0 atom stereocenters. The van der Waals surface area contributed by atoms with Crippen molar-refractivity contribution in [3.63, 3.8) is 0 Å². The Balaban J connectivity index is 1.70. The van der Waals surface area contributed by atoms with Gasteiger partial charge in [0.15, 0.2) is 5.82 Å². The molecule has 0 fully saturated rings. The number of aromatic nitrogens is 2. The number of rotatable bonds is 6. The molecule has 0 saturated carbocycles. The van der Waals surface area contributed by atoms with Crippen LogP contribution in [0.3, 0.4) is 0 Å². The number of benzene rings is 1. The van der Waals surface area contributed by atoms with E-state index in [2.05, 4.69) is 15.7 Å². The maximum absolute atomic E-state index is 12.2. The molecule has 1 amide bonds. The van der Waals surface area contributed by atoms with Crippen LogP contribution in [0.4, 0.5) is 0 Å². The molecule has 0 spiro atoms. The van der Waals surface area contributed by atoms with Gasteiger partial charge < -0.3 is 9.26 Å². The number of hydrogen-bond acceptors (Lipinski definition) is 5. The molecule has 7 heteroatoms. The van der Waals surface area contributed by atoms with E-state index < -0.39 is 0 Å². The smallest absolute Gasteiger partial charge is 0.271 e. The van der Waals surface area contributed by atoms with E-state index in [1.54, 1.807) is 30.5 Å². The highest BCUT2D eigenvalue weighted by atomic mass is 16.5. The topological polar surface area (TPSA) is 81.6 Å². The maximum atomic E-state index is 12.2. The van der Waals surface area contributed by atoms with Crippen LogP contribution < -0.4 is 10.2 Å². The molecule has 1 aromatic carbocycles. The van der Waals surface area contributed by atoms with Crippen LogP contribution in [0.25, 0.3) is 5.82 Å². The predicted octanol–water partition coefficient (Wildman–Crippen LogP) is 3.55. The summed E-state index contributed by atoms with van der Waals surface area (Å²) in [5, 5.41) is 8.13. The zero-order valence-electron chi connectivity index (χ0n) is 15.8. The van der Waals surface area contributed by atoms with Gasteiger partial charge in [-0.1, -0.05) is 5.16 Å². The summed E-state index contributed by atoms with van der Waals surface area (Å²) in [5.41, 5.74) is 5.91. The average Bonchev–Trinajstić information content (AvgIpc) is 3.18. The largest absolute Gasteiger partial charge is 0.494 e. The molecule has 2 heterocycles. The minimum absolute atomic E-state index is 0.282. The zero-order valence-corrected chi connectivity index (χ0v) is 15.8. The van der Waals surface area contributed by atoms with Gasteiger partial charge in [0.2, 0.25) is 0 Å². The molecule has 0 bridgehead atoms. The van der Waals surface area contributed by atoms with E-state index in [4.69, 9.17) is 9.26 Å². The number of hydrazone groups is 1. The molecule has 3 rings (SSSR count). The van der Waals surface area contributed by atoms with Crippen molar-refractivity contribution >= 4 is 12.1 Å². The summed E-state index contributed by atoms with van der Waals surface area (Å²) in [6, 6.07) is 10.8. The van der Waals surface area contributed by atoms with Crippen LogP contribution in [0.2, 0.25) is 0 Å². The van der Waals surface area contributed by atoms with Gasteiger partial charge in [0.1, 0.15) is 11.5 Å². The molecule has 0 aliphatic rings. The molecule has 0 unspecified atom stereocenters. The fraction of sp³-hybridized carbons (Fsp3) is 0.250. The second-order valence-corrected chi connectivity index (χ2v) is 6.11. The minimum Gasteiger partial charge on any atom is -0.494 e. The lowest BCUT2D eigenvalue weighted by atomic mass is 10.2. The summed E-state index contributed by atoms with van der Waals surface area (Å²) in [6.07, 6.45) is 1.62. The Labute approximate surface area is 157 Å². The van der Waals surface area contributed by atoms with Gasteiger partial charge in [-0.05, 0) is 58.0 Å². The summed E-state index contributed by atoms with van der Waals surface area (Å²) in [6.45, 7) is 8.29. The van der Waals surface area contributed by atoms with Gasteiger partial charge in [-0.3, -0.25) is 9.36 Å². The van der Waals surface area contributed by atoms with Crippen LogP contribution in [0.5, 0.6) is 5.75 Å². The van der Waals surface area contributed by atoms with E-state index >= 15 is 0 Å². The Hall–Kier alpha value is -3.35. The van der Waals surface area contributed by atoms with Crippen molar-refractivity contribution in [2.45, 2.75) is 27.7 Å². The fourth-order valence-electron chi connectivity index (χ4n) is 2.82. The molecule has 0 radical (unpaired) electrons. The first-order valence-electron chi connectivity index (χ1n) is 8.68. The van der Waals surface area contributed by atoms with E-state index in [9.17, 15) is 4.79 Å². The van der Waals surface area contributed by atoms with Crippen LogP contribution in [-0.2, 0) is 0 Å². The molecule has 27 heavy (non-hydrogen) atoms. The predicted molar refractivity (Wildman–Crippen MR) is 103 cm³/mol. The van der Waals surface area contributed by atoms with Crippen molar-refractivity contribution in [3.8, 4) is 11.6 Å². The molecule has 140 valence electrons. The highest BCUT2D eigenvalue weighted by molar-refractivity contribution is 5.95. The quantitative estimate of drug-likeness (QED) is 0.534. The minimum atomic E-state index is -0.282. The second-order valence-electron chi connectivity index (χ2n) is 6.11. The Morgan fingerprint density at radius 2 is 2.00 bits per heavy atom. The molecule has 0 aliphatic carbocycles. The van der Waals surface area contributed by atoms with Crippen molar-refractivity contribution in [3.05, 3.63) is 64.7 Å². The summed E-state index contributed by atoms with van der Waals surface area (Å²) in [4.78, 5) is 12.2. The highest BCUT2D eigenvalue weighted by Crippen LogP contribution is 2.19. The van der Waals surface area contributed by atoms with Crippen molar-refractivity contribution in [2.75, 3.05) is 6.61 Å². The fourth-order valence-corrected chi connectivity index (χ4v) is 2.82. The van der Waals surface area contributed by atoms with Gasteiger partial charge in [0, 0.05) is 28.6 Å². The molecule has 7 nitrogen and oxygen atoms in total. The summed E-state index contributed by atoms with van der Waals surface area (Å²) >= 11 is 0. The molecular formula is C20H22N4O3. The van der Waals surface area contributed by atoms with Gasteiger partial charge in [-0.25, -0.2) is 5.43 Å². The maximum Gasteiger partial charge on any atom is 0.271 e. The third kappa shape index (κ3) is 4.08. The third-order valence-corrected chi connectivity index (χ3v) is 4.11. The molecule has 0 saturated heterocycles. The van der Waals surface area contributed by atoms with Gasteiger partial charge >= 0.3 is 0 Å². The Kier molecular flexibility index (Phi) is 5.40. The van der Waals surface area contributed by atoms with Crippen molar-refractivity contribution < 1.29 is 14.1 Å². The highest BCUT2D eigenvalue weighted by Gasteiger charge is 2.12. The average molecular weight is 366 g/mol. The zero-order chi connectivity index (χ0) is 19.4. The molecular weight excluding hydrogens is 344 g/mol. The number of aryl methyl sites for hydroxylation is 2. The standard InChI is InChI=1S/C20H22N4O3/c1-5-26-18-8-6-16(7-9-18)20(25)22-21-12-17-10-13(2)24(15(17)4)19-11-14(3)27-23-19/h6-12H,5H2,1-4H3,(H,22,25)/b21-12-. The number of carbonyl (C=O) groups excluding carboxylic acids is 1. The molecule has 2 aromatic heterocycles. The first-order chi connectivity index (χ1) is 13.0. The number of nitrogens with one attached hydrogen (secondary N) is 1. The number of amides is 1. The van der Waals surface area contributed by atoms with Crippen molar-refractivity contribution in [2.24, 2.45) is 5.10 Å². The van der Waals surface area contributed by atoms with Crippen LogP contribution in [0, 0.1) is 20.8 Å². The van der Waals surface area contributed by atoms with Gasteiger partial charge in [-0.15, -0.1) is 0 Å². The Morgan fingerprint density at radius 1 is 1.26 bits per heavy atom. The van der Waals surface area contributed by atoms with Gasteiger partial charge in [0.05, 0.1) is 12.8 Å². The lowest BCUT2D eigenvalue weighted by molar-refractivity contribution is 0.0955. The monoisotopic (exact) mass is 366 g/mol. The summed E-state index contributed by atoms with van der Waals surface area (Å²) in [7, 11) is 0. The number of nitrogens with zero attached hydrogens (tertiary/aromatic N) is 3. The van der Waals surface area contributed by atoms with E-state index in [-0.39, 0.29) is 5.91 Å². The first kappa shape index (κ1) is 18.4. The van der Waals surface area contributed by atoms with E-state index in [0.29, 0.717) is 12.2 Å². The van der Waals surface area contributed by atoms with E-state index in [1.165, 1.54) is 0 Å². The number of ether oxygens (including phenoxy) is 1. The second kappa shape index (κ2) is 7.90. The van der Waals surface area contributed by atoms with Crippen LogP contribution in [0.1, 0.15) is 40.0 Å².